The summed E-state index contributed by atoms with van der Waals surface area (Å²) < 4.78 is 18.1. The van der Waals surface area contributed by atoms with Gasteiger partial charge in [-0.2, -0.15) is 0 Å². The average Bonchev–Trinajstić information content (AvgIpc) is 2.77. The summed E-state index contributed by atoms with van der Waals surface area (Å²) in [7, 11) is 0. The van der Waals surface area contributed by atoms with Crippen molar-refractivity contribution >= 4 is 11.0 Å². The van der Waals surface area contributed by atoms with Crippen LogP contribution in [0.3, 0.4) is 0 Å². The van der Waals surface area contributed by atoms with E-state index < -0.39 is 0 Å². The van der Waals surface area contributed by atoms with Gasteiger partial charge in [0, 0.05) is 11.6 Å². The molecule has 0 amide bonds. The lowest BCUT2D eigenvalue weighted by Crippen LogP contribution is -1.84. The maximum absolute atomic E-state index is 13.4. The number of aryl methyl sites for hydroxylation is 1. The molecule has 0 saturated carbocycles. The van der Waals surface area contributed by atoms with Crippen LogP contribution in [0.15, 0.2) is 41.0 Å². The summed E-state index contributed by atoms with van der Waals surface area (Å²) in [6.07, 6.45) is 0. The van der Waals surface area contributed by atoms with Crippen molar-refractivity contribution in [3.8, 4) is 11.1 Å². The van der Waals surface area contributed by atoms with Crippen molar-refractivity contribution in [2.45, 2.75) is 6.92 Å². The molecule has 0 atom stereocenters. The molecule has 0 aliphatic heterocycles. The van der Waals surface area contributed by atoms with Crippen LogP contribution in [0.2, 0.25) is 0 Å². The molecule has 0 N–H and O–H groups in total. The molecule has 0 aliphatic rings. The van der Waals surface area contributed by atoms with Crippen molar-refractivity contribution in [1.82, 2.24) is 10.3 Å². The second-order valence-corrected chi connectivity index (χ2v) is 3.95. The van der Waals surface area contributed by atoms with Crippen LogP contribution in [0.5, 0.6) is 0 Å². The first-order valence-corrected chi connectivity index (χ1v) is 5.23. The lowest BCUT2D eigenvalue weighted by atomic mass is 10.0. The van der Waals surface area contributed by atoms with E-state index in [1.54, 1.807) is 0 Å². The zero-order chi connectivity index (χ0) is 11.8. The molecular weight excluding hydrogens is 219 g/mol. The summed E-state index contributed by atoms with van der Waals surface area (Å²) in [5.74, 6) is -0.344. The molecule has 0 spiro atoms. The first-order chi connectivity index (χ1) is 8.24. The SMILES string of the molecule is Cc1ccc(-c2cc(F)cc3nonc23)cc1. The van der Waals surface area contributed by atoms with Crippen LogP contribution in [0.1, 0.15) is 5.56 Å². The Bertz CT molecular complexity index is 673. The quantitative estimate of drug-likeness (QED) is 0.641. The van der Waals surface area contributed by atoms with Gasteiger partial charge in [-0.25, -0.2) is 9.02 Å². The van der Waals surface area contributed by atoms with Gasteiger partial charge in [-0.05, 0) is 28.9 Å². The molecule has 4 heteroatoms. The zero-order valence-electron chi connectivity index (χ0n) is 9.14. The number of fused-ring (bicyclic) bond motifs is 1. The Labute approximate surface area is 96.8 Å². The van der Waals surface area contributed by atoms with E-state index in [1.165, 1.54) is 12.1 Å². The van der Waals surface area contributed by atoms with Gasteiger partial charge in [-0.15, -0.1) is 0 Å². The molecule has 3 nitrogen and oxygen atoms in total. The molecule has 17 heavy (non-hydrogen) atoms. The molecular formula is C13H9FN2O. The van der Waals surface area contributed by atoms with Crippen LogP contribution >= 0.6 is 0 Å². The lowest BCUT2D eigenvalue weighted by Gasteiger charge is -2.02. The van der Waals surface area contributed by atoms with Crippen molar-refractivity contribution in [1.29, 1.82) is 0 Å². The molecule has 0 aliphatic carbocycles. The minimum absolute atomic E-state index is 0.344. The summed E-state index contributed by atoms with van der Waals surface area (Å²) in [6.45, 7) is 2.00. The highest BCUT2D eigenvalue weighted by atomic mass is 19.1. The molecule has 3 rings (SSSR count). The van der Waals surface area contributed by atoms with E-state index in [1.807, 2.05) is 31.2 Å². The molecule has 2 aromatic carbocycles. The standard InChI is InChI=1S/C13H9FN2O/c1-8-2-4-9(5-3-8)11-6-10(14)7-12-13(11)16-17-15-12/h2-7H,1H3. The van der Waals surface area contributed by atoms with Crippen LogP contribution in [0.25, 0.3) is 22.2 Å². The third-order valence-electron chi connectivity index (χ3n) is 2.69. The first kappa shape index (κ1) is 9.96. The van der Waals surface area contributed by atoms with E-state index in [2.05, 4.69) is 14.9 Å². The highest BCUT2D eigenvalue weighted by Gasteiger charge is 2.10. The Kier molecular flexibility index (Phi) is 2.14. The molecule has 0 unspecified atom stereocenters. The highest BCUT2D eigenvalue weighted by molar-refractivity contribution is 5.90. The Morgan fingerprint density at radius 3 is 2.59 bits per heavy atom. The van der Waals surface area contributed by atoms with Gasteiger partial charge in [0.15, 0.2) is 0 Å². The van der Waals surface area contributed by atoms with Crippen LogP contribution in [0.4, 0.5) is 4.39 Å². The average molecular weight is 228 g/mol. The van der Waals surface area contributed by atoms with Gasteiger partial charge < -0.3 is 0 Å². The fourth-order valence-electron chi connectivity index (χ4n) is 1.81. The van der Waals surface area contributed by atoms with Gasteiger partial charge in [0.05, 0.1) is 0 Å². The summed E-state index contributed by atoms with van der Waals surface area (Å²) >= 11 is 0. The molecule has 0 saturated heterocycles. The smallest absolute Gasteiger partial charge is 0.143 e. The second-order valence-electron chi connectivity index (χ2n) is 3.95. The van der Waals surface area contributed by atoms with Crippen molar-refractivity contribution in [2.24, 2.45) is 0 Å². The number of halogens is 1. The van der Waals surface area contributed by atoms with E-state index in [0.717, 1.165) is 11.1 Å². The van der Waals surface area contributed by atoms with Crippen molar-refractivity contribution in [2.75, 3.05) is 0 Å². The highest BCUT2D eigenvalue weighted by Crippen LogP contribution is 2.27. The zero-order valence-corrected chi connectivity index (χ0v) is 9.14. The number of aromatic nitrogens is 2. The Balaban J connectivity index is 2.28. The summed E-state index contributed by atoms with van der Waals surface area (Å²) in [6, 6.07) is 10.6. The largest absolute Gasteiger partial charge is 0.243 e. The number of hydrogen-bond donors (Lipinski definition) is 0. The van der Waals surface area contributed by atoms with Crippen LogP contribution < -0.4 is 0 Å². The van der Waals surface area contributed by atoms with Crippen molar-refractivity contribution < 1.29 is 9.02 Å². The predicted molar refractivity (Wildman–Crippen MR) is 61.9 cm³/mol. The van der Waals surface area contributed by atoms with Crippen LogP contribution in [0, 0.1) is 12.7 Å². The fraction of sp³-hybridized carbons (Fsp3) is 0.0769. The second kappa shape index (κ2) is 3.66. The molecule has 3 aromatic rings. The summed E-state index contributed by atoms with van der Waals surface area (Å²) in [4.78, 5) is 0. The summed E-state index contributed by atoms with van der Waals surface area (Å²) in [5, 5.41) is 7.46. The molecule has 1 heterocycles. The topological polar surface area (TPSA) is 38.9 Å². The molecule has 84 valence electrons. The Morgan fingerprint density at radius 2 is 1.82 bits per heavy atom. The Morgan fingerprint density at radius 1 is 1.06 bits per heavy atom. The summed E-state index contributed by atoms with van der Waals surface area (Å²) in [5.41, 5.74) is 3.76. The minimum Gasteiger partial charge on any atom is -0.243 e. The van der Waals surface area contributed by atoms with E-state index in [4.69, 9.17) is 0 Å². The lowest BCUT2D eigenvalue weighted by molar-refractivity contribution is 0.315. The third kappa shape index (κ3) is 1.67. The van der Waals surface area contributed by atoms with E-state index in [-0.39, 0.29) is 5.82 Å². The van der Waals surface area contributed by atoms with Gasteiger partial charge in [0.25, 0.3) is 0 Å². The van der Waals surface area contributed by atoms with Gasteiger partial charge >= 0.3 is 0 Å². The molecule has 0 bridgehead atoms. The van der Waals surface area contributed by atoms with Crippen LogP contribution in [-0.2, 0) is 0 Å². The first-order valence-electron chi connectivity index (χ1n) is 5.23. The maximum Gasteiger partial charge on any atom is 0.143 e. The van der Waals surface area contributed by atoms with Crippen molar-refractivity contribution in [3.05, 3.63) is 47.8 Å². The van der Waals surface area contributed by atoms with Gasteiger partial charge in [-0.3, -0.25) is 0 Å². The number of rotatable bonds is 1. The molecule has 0 fully saturated rings. The monoisotopic (exact) mass is 228 g/mol. The van der Waals surface area contributed by atoms with Gasteiger partial charge in [0.1, 0.15) is 16.9 Å². The van der Waals surface area contributed by atoms with Gasteiger partial charge in [0.2, 0.25) is 0 Å². The van der Waals surface area contributed by atoms with Gasteiger partial charge in [-0.1, -0.05) is 29.8 Å². The minimum atomic E-state index is -0.344. The molecule has 1 aromatic heterocycles. The normalized spacial score (nSPS) is 10.9. The maximum atomic E-state index is 13.4. The van der Waals surface area contributed by atoms with Crippen LogP contribution in [-0.4, -0.2) is 10.3 Å². The number of nitrogens with zero attached hydrogens (tertiary/aromatic N) is 2. The van der Waals surface area contributed by atoms with E-state index >= 15 is 0 Å². The van der Waals surface area contributed by atoms with E-state index in [9.17, 15) is 4.39 Å². The fourth-order valence-corrected chi connectivity index (χ4v) is 1.81. The Hall–Kier alpha value is -2.23. The number of hydrogen-bond acceptors (Lipinski definition) is 3. The molecule has 0 radical (unpaired) electrons. The predicted octanol–water partition coefficient (Wildman–Crippen LogP) is 3.34. The van der Waals surface area contributed by atoms with Crippen molar-refractivity contribution in [3.63, 3.8) is 0 Å². The number of benzene rings is 2. The third-order valence-corrected chi connectivity index (χ3v) is 2.69. The van der Waals surface area contributed by atoms with E-state index in [0.29, 0.717) is 16.6 Å².